The Labute approximate surface area is 116 Å². The van der Waals surface area contributed by atoms with Gasteiger partial charge in [-0.2, -0.15) is 0 Å². The molecule has 92 valence electrons. The SMILES string of the molecule is O=C(Nc1cccnc1Br)c1ccc(F)cc1Cl. The fraction of sp³-hybridized carbons (Fsp3) is 0. The van der Waals surface area contributed by atoms with Crippen molar-refractivity contribution in [3.63, 3.8) is 0 Å². The number of halogens is 3. The maximum Gasteiger partial charge on any atom is 0.257 e. The van der Waals surface area contributed by atoms with Crippen molar-refractivity contribution in [1.82, 2.24) is 4.98 Å². The lowest BCUT2D eigenvalue weighted by Gasteiger charge is -2.07. The second-order valence-electron chi connectivity index (χ2n) is 3.42. The van der Waals surface area contributed by atoms with Crippen LogP contribution in [0.1, 0.15) is 10.4 Å². The van der Waals surface area contributed by atoms with Gasteiger partial charge in [0.2, 0.25) is 0 Å². The Bertz CT molecular complexity index is 606. The molecule has 1 heterocycles. The van der Waals surface area contributed by atoms with Crippen LogP contribution in [0, 0.1) is 5.82 Å². The van der Waals surface area contributed by atoms with E-state index in [-0.39, 0.29) is 10.6 Å². The predicted molar refractivity (Wildman–Crippen MR) is 71.3 cm³/mol. The van der Waals surface area contributed by atoms with E-state index in [1.807, 2.05) is 0 Å². The number of carbonyl (C=O) groups excluding carboxylic acids is 1. The summed E-state index contributed by atoms with van der Waals surface area (Å²) < 4.78 is 13.4. The smallest absolute Gasteiger partial charge is 0.257 e. The number of benzene rings is 1. The van der Waals surface area contributed by atoms with Gasteiger partial charge in [-0.25, -0.2) is 9.37 Å². The summed E-state index contributed by atoms with van der Waals surface area (Å²) in [6.45, 7) is 0. The number of aromatic nitrogens is 1. The van der Waals surface area contributed by atoms with Crippen LogP contribution in [0.15, 0.2) is 41.1 Å². The number of hydrogen-bond acceptors (Lipinski definition) is 2. The van der Waals surface area contributed by atoms with Crippen LogP contribution >= 0.6 is 27.5 Å². The Balaban J connectivity index is 2.25. The molecule has 2 rings (SSSR count). The molecule has 1 aromatic heterocycles. The van der Waals surface area contributed by atoms with Gasteiger partial charge in [-0.1, -0.05) is 11.6 Å². The lowest BCUT2D eigenvalue weighted by molar-refractivity contribution is 0.102. The van der Waals surface area contributed by atoms with E-state index in [4.69, 9.17) is 11.6 Å². The van der Waals surface area contributed by atoms with E-state index in [1.165, 1.54) is 12.1 Å². The number of pyridine rings is 1. The van der Waals surface area contributed by atoms with Gasteiger partial charge in [0.25, 0.3) is 5.91 Å². The van der Waals surface area contributed by atoms with E-state index < -0.39 is 11.7 Å². The van der Waals surface area contributed by atoms with Gasteiger partial charge in [0.1, 0.15) is 10.4 Å². The Morgan fingerprint density at radius 1 is 1.39 bits per heavy atom. The van der Waals surface area contributed by atoms with E-state index in [0.717, 1.165) is 6.07 Å². The van der Waals surface area contributed by atoms with E-state index in [2.05, 4.69) is 26.2 Å². The average Bonchev–Trinajstić information content (AvgIpc) is 2.32. The standard InChI is InChI=1S/C12H7BrClFN2O/c13-11-10(2-1-5-16-11)17-12(18)8-4-3-7(15)6-9(8)14/h1-6H,(H,17,18). The first-order valence-electron chi connectivity index (χ1n) is 4.95. The molecule has 0 aliphatic heterocycles. The molecular formula is C12H7BrClFN2O. The molecule has 0 fully saturated rings. The third-order valence-corrected chi connectivity index (χ3v) is 3.13. The number of rotatable bonds is 2. The summed E-state index contributed by atoms with van der Waals surface area (Å²) in [5, 5.41) is 2.69. The topological polar surface area (TPSA) is 42.0 Å². The van der Waals surface area contributed by atoms with Crippen LogP contribution in [0.25, 0.3) is 0 Å². The lowest BCUT2D eigenvalue weighted by Crippen LogP contribution is -2.13. The molecule has 6 heteroatoms. The van der Waals surface area contributed by atoms with Gasteiger partial charge in [-0.3, -0.25) is 4.79 Å². The highest BCUT2D eigenvalue weighted by atomic mass is 79.9. The maximum atomic E-state index is 12.9. The van der Waals surface area contributed by atoms with Crippen LogP contribution in [0.5, 0.6) is 0 Å². The monoisotopic (exact) mass is 328 g/mol. The van der Waals surface area contributed by atoms with Crippen molar-refractivity contribution in [3.8, 4) is 0 Å². The molecule has 0 spiro atoms. The van der Waals surface area contributed by atoms with E-state index in [1.54, 1.807) is 18.3 Å². The third-order valence-electron chi connectivity index (χ3n) is 2.18. The normalized spacial score (nSPS) is 10.2. The molecule has 1 amide bonds. The van der Waals surface area contributed by atoms with E-state index in [0.29, 0.717) is 10.3 Å². The van der Waals surface area contributed by atoms with Crippen molar-refractivity contribution < 1.29 is 9.18 Å². The maximum absolute atomic E-state index is 12.9. The summed E-state index contributed by atoms with van der Waals surface area (Å²) in [6.07, 6.45) is 1.59. The molecule has 18 heavy (non-hydrogen) atoms. The summed E-state index contributed by atoms with van der Waals surface area (Å²) in [5.41, 5.74) is 0.719. The third kappa shape index (κ3) is 2.86. The van der Waals surface area contributed by atoms with Gasteiger partial charge in [-0.05, 0) is 46.3 Å². The van der Waals surface area contributed by atoms with Gasteiger partial charge in [-0.15, -0.1) is 0 Å². The number of amides is 1. The van der Waals surface area contributed by atoms with Crippen molar-refractivity contribution >= 4 is 39.1 Å². The quantitative estimate of drug-likeness (QED) is 0.849. The molecule has 0 bridgehead atoms. The molecule has 0 aliphatic rings. The Hall–Kier alpha value is -1.46. The van der Waals surface area contributed by atoms with E-state index in [9.17, 15) is 9.18 Å². The molecule has 3 nitrogen and oxygen atoms in total. The van der Waals surface area contributed by atoms with Crippen LogP contribution in [0.3, 0.4) is 0 Å². The summed E-state index contributed by atoms with van der Waals surface area (Å²) in [4.78, 5) is 15.9. The van der Waals surface area contributed by atoms with Gasteiger partial charge in [0.05, 0.1) is 16.3 Å². The number of hydrogen-bond donors (Lipinski definition) is 1. The van der Waals surface area contributed by atoms with Crippen LogP contribution in [0.2, 0.25) is 5.02 Å². The zero-order valence-corrected chi connectivity index (χ0v) is 11.3. The van der Waals surface area contributed by atoms with Crippen LogP contribution in [0.4, 0.5) is 10.1 Å². The minimum Gasteiger partial charge on any atom is -0.320 e. The molecular weight excluding hydrogens is 322 g/mol. The highest BCUT2D eigenvalue weighted by molar-refractivity contribution is 9.10. The van der Waals surface area contributed by atoms with Crippen molar-refractivity contribution in [2.75, 3.05) is 5.32 Å². The summed E-state index contributed by atoms with van der Waals surface area (Å²) in [7, 11) is 0. The predicted octanol–water partition coefficient (Wildman–Crippen LogP) is 3.89. The molecule has 0 unspecified atom stereocenters. The highest BCUT2D eigenvalue weighted by Crippen LogP contribution is 2.22. The second-order valence-corrected chi connectivity index (χ2v) is 4.58. The Morgan fingerprint density at radius 3 is 2.83 bits per heavy atom. The van der Waals surface area contributed by atoms with Crippen LogP contribution in [-0.2, 0) is 0 Å². The first-order chi connectivity index (χ1) is 8.58. The minimum absolute atomic E-state index is 0.0625. The summed E-state index contributed by atoms with van der Waals surface area (Å²) >= 11 is 9.01. The highest BCUT2D eigenvalue weighted by Gasteiger charge is 2.12. The fourth-order valence-corrected chi connectivity index (χ4v) is 1.95. The van der Waals surface area contributed by atoms with Crippen LogP contribution < -0.4 is 5.32 Å². The largest absolute Gasteiger partial charge is 0.320 e. The van der Waals surface area contributed by atoms with Gasteiger partial charge in [0, 0.05) is 6.20 Å². The molecule has 0 atom stereocenters. The molecule has 0 saturated carbocycles. The first kappa shape index (κ1) is 13.0. The van der Waals surface area contributed by atoms with Crippen molar-refractivity contribution in [3.05, 3.63) is 57.5 Å². The lowest BCUT2D eigenvalue weighted by atomic mass is 10.2. The molecule has 2 aromatic rings. The second kappa shape index (κ2) is 5.46. The minimum atomic E-state index is -0.487. The fourth-order valence-electron chi connectivity index (χ4n) is 1.34. The molecule has 0 aliphatic carbocycles. The van der Waals surface area contributed by atoms with Gasteiger partial charge < -0.3 is 5.32 Å². The average molecular weight is 330 g/mol. The molecule has 1 N–H and O–H groups in total. The summed E-state index contributed by atoms with van der Waals surface area (Å²) in [6, 6.07) is 6.98. The Kier molecular flexibility index (Phi) is 3.93. The molecule has 0 saturated heterocycles. The summed E-state index contributed by atoms with van der Waals surface area (Å²) in [5.74, 6) is -0.909. The van der Waals surface area contributed by atoms with Gasteiger partial charge in [0.15, 0.2) is 0 Å². The van der Waals surface area contributed by atoms with E-state index >= 15 is 0 Å². The van der Waals surface area contributed by atoms with Gasteiger partial charge >= 0.3 is 0 Å². The molecule has 0 radical (unpaired) electrons. The van der Waals surface area contributed by atoms with Crippen molar-refractivity contribution in [1.29, 1.82) is 0 Å². The number of anilines is 1. The van der Waals surface area contributed by atoms with Crippen molar-refractivity contribution in [2.45, 2.75) is 0 Å². The number of nitrogens with one attached hydrogen (secondary N) is 1. The van der Waals surface area contributed by atoms with Crippen molar-refractivity contribution in [2.24, 2.45) is 0 Å². The first-order valence-corrected chi connectivity index (χ1v) is 6.12. The number of carbonyl (C=O) groups is 1. The van der Waals surface area contributed by atoms with Crippen LogP contribution in [-0.4, -0.2) is 10.9 Å². The zero-order valence-electron chi connectivity index (χ0n) is 8.95. The Morgan fingerprint density at radius 2 is 2.17 bits per heavy atom. The number of nitrogens with zero attached hydrogens (tertiary/aromatic N) is 1. The zero-order chi connectivity index (χ0) is 13.1. The molecule has 1 aromatic carbocycles.